The molecule has 2 amide bonds. The van der Waals surface area contributed by atoms with Gasteiger partial charge in [-0.1, -0.05) is 0 Å². The summed E-state index contributed by atoms with van der Waals surface area (Å²) >= 11 is 0. The fourth-order valence-electron chi connectivity index (χ4n) is 1.35. The summed E-state index contributed by atoms with van der Waals surface area (Å²) in [6, 6.07) is 1.80. The van der Waals surface area contributed by atoms with Gasteiger partial charge in [0, 0.05) is 5.69 Å². The second-order valence-corrected chi connectivity index (χ2v) is 3.89. The van der Waals surface area contributed by atoms with E-state index >= 15 is 0 Å². The van der Waals surface area contributed by atoms with Gasteiger partial charge in [0.15, 0.2) is 0 Å². The van der Waals surface area contributed by atoms with Gasteiger partial charge in [0.05, 0.1) is 24.7 Å². The van der Waals surface area contributed by atoms with Crippen LogP contribution in [0.15, 0.2) is 18.3 Å². The first-order chi connectivity index (χ1) is 8.88. The molecule has 0 spiro atoms. The number of hydrogen-bond acceptors (Lipinski definition) is 5. The zero-order valence-electron chi connectivity index (χ0n) is 10.00. The Morgan fingerprint density at radius 1 is 1.37 bits per heavy atom. The van der Waals surface area contributed by atoms with E-state index in [2.05, 4.69) is 10.3 Å². The second kappa shape index (κ2) is 6.34. The number of nitrogens with one attached hydrogen (secondary N) is 1. The van der Waals surface area contributed by atoms with Crippen LogP contribution in [0.5, 0.6) is 0 Å². The number of anilines is 1. The molecule has 0 bridgehead atoms. The van der Waals surface area contributed by atoms with E-state index < -0.39 is 30.2 Å². The molecule has 0 aromatic carbocycles. The van der Waals surface area contributed by atoms with Crippen molar-refractivity contribution >= 4 is 23.5 Å². The summed E-state index contributed by atoms with van der Waals surface area (Å²) in [6.07, 6.45) is 0.819. The summed E-state index contributed by atoms with van der Waals surface area (Å²) < 4.78 is 0. The number of aromatic nitrogens is 1. The Morgan fingerprint density at radius 2 is 2.05 bits per heavy atom. The van der Waals surface area contributed by atoms with E-state index in [4.69, 9.17) is 16.6 Å². The van der Waals surface area contributed by atoms with Crippen LogP contribution in [0.4, 0.5) is 5.69 Å². The Labute approximate surface area is 108 Å². The molecule has 1 aromatic rings. The maximum atomic E-state index is 11.6. The first-order valence-electron chi connectivity index (χ1n) is 5.39. The van der Waals surface area contributed by atoms with E-state index in [1.807, 2.05) is 0 Å². The molecule has 1 aromatic heterocycles. The molecule has 8 heteroatoms. The predicted molar refractivity (Wildman–Crippen MR) is 65.7 cm³/mol. The Hall–Kier alpha value is -2.64. The lowest BCUT2D eigenvalue weighted by Gasteiger charge is -2.12. The van der Waals surface area contributed by atoms with Gasteiger partial charge < -0.3 is 21.9 Å². The summed E-state index contributed by atoms with van der Waals surface area (Å²) in [7, 11) is 0. The molecule has 0 saturated carbocycles. The SMILES string of the molecule is NC(=O)CC(NC(=O)Cc1ccc(N)cn1)C(=O)O. The molecule has 0 aliphatic heterocycles. The fraction of sp³-hybridized carbons (Fsp3) is 0.273. The number of aliphatic carboxylic acids is 1. The van der Waals surface area contributed by atoms with Crippen LogP contribution in [-0.2, 0) is 20.8 Å². The molecular weight excluding hydrogens is 252 g/mol. The standard InChI is InChI=1S/C11H14N4O4/c12-6-1-2-7(14-5-6)3-10(17)15-8(11(18)19)4-9(13)16/h1-2,5,8H,3-4,12H2,(H2,13,16)(H,15,17)(H,18,19). The lowest BCUT2D eigenvalue weighted by Crippen LogP contribution is -2.44. The molecule has 1 rings (SSSR count). The van der Waals surface area contributed by atoms with Crippen LogP contribution in [0.25, 0.3) is 0 Å². The minimum absolute atomic E-state index is 0.108. The lowest BCUT2D eigenvalue weighted by atomic mass is 10.2. The summed E-state index contributed by atoms with van der Waals surface area (Å²) in [6.45, 7) is 0. The van der Waals surface area contributed by atoms with Gasteiger partial charge in [-0.25, -0.2) is 4.79 Å². The average molecular weight is 266 g/mol. The molecule has 1 heterocycles. The van der Waals surface area contributed by atoms with Crippen molar-refractivity contribution in [2.45, 2.75) is 18.9 Å². The lowest BCUT2D eigenvalue weighted by molar-refractivity contribution is -0.143. The Bertz CT molecular complexity index is 486. The summed E-state index contributed by atoms with van der Waals surface area (Å²) in [5.41, 5.74) is 11.2. The highest BCUT2D eigenvalue weighted by Crippen LogP contribution is 2.02. The van der Waals surface area contributed by atoms with Gasteiger partial charge in [-0.2, -0.15) is 0 Å². The average Bonchev–Trinajstić information content (AvgIpc) is 2.30. The molecule has 8 nitrogen and oxygen atoms in total. The number of carbonyl (C=O) groups excluding carboxylic acids is 2. The molecule has 102 valence electrons. The summed E-state index contributed by atoms with van der Waals surface area (Å²) in [4.78, 5) is 37.0. The van der Waals surface area contributed by atoms with Crippen LogP contribution < -0.4 is 16.8 Å². The molecule has 0 saturated heterocycles. The van der Waals surface area contributed by atoms with E-state index in [0.717, 1.165) is 0 Å². The molecule has 0 fully saturated rings. The summed E-state index contributed by atoms with van der Waals surface area (Å²) in [5.74, 6) is -2.69. The van der Waals surface area contributed by atoms with E-state index in [1.54, 1.807) is 12.1 Å². The third kappa shape index (κ3) is 5.02. The molecular formula is C11H14N4O4. The molecule has 6 N–H and O–H groups in total. The zero-order valence-corrected chi connectivity index (χ0v) is 10.00. The highest BCUT2D eigenvalue weighted by atomic mass is 16.4. The van der Waals surface area contributed by atoms with E-state index in [-0.39, 0.29) is 6.42 Å². The number of carboxylic acids is 1. The van der Waals surface area contributed by atoms with Gasteiger partial charge >= 0.3 is 5.97 Å². The fourth-order valence-corrected chi connectivity index (χ4v) is 1.35. The van der Waals surface area contributed by atoms with E-state index in [9.17, 15) is 14.4 Å². The number of rotatable bonds is 6. The molecule has 0 radical (unpaired) electrons. The number of nitrogen functional groups attached to an aromatic ring is 1. The van der Waals surface area contributed by atoms with Crippen LogP contribution in [0.2, 0.25) is 0 Å². The molecule has 19 heavy (non-hydrogen) atoms. The van der Waals surface area contributed by atoms with Crippen molar-refractivity contribution in [3.8, 4) is 0 Å². The number of nitrogens with two attached hydrogens (primary N) is 2. The van der Waals surface area contributed by atoms with Crippen molar-refractivity contribution in [3.63, 3.8) is 0 Å². The van der Waals surface area contributed by atoms with Crippen molar-refractivity contribution < 1.29 is 19.5 Å². The number of amides is 2. The van der Waals surface area contributed by atoms with Crippen molar-refractivity contribution in [2.75, 3.05) is 5.73 Å². The third-order valence-corrected chi connectivity index (χ3v) is 2.23. The maximum Gasteiger partial charge on any atom is 0.326 e. The first kappa shape index (κ1) is 14.4. The molecule has 0 aliphatic carbocycles. The Kier molecular flexibility index (Phi) is 4.81. The third-order valence-electron chi connectivity index (χ3n) is 2.23. The maximum absolute atomic E-state index is 11.6. The molecule has 1 atom stereocenters. The molecule has 1 unspecified atom stereocenters. The Balaban J connectivity index is 2.59. The number of carboxylic acid groups (broad SMARTS) is 1. The minimum atomic E-state index is -1.33. The first-order valence-corrected chi connectivity index (χ1v) is 5.39. The summed E-state index contributed by atoms with van der Waals surface area (Å²) in [5, 5.41) is 11.0. The van der Waals surface area contributed by atoms with Crippen molar-refractivity contribution in [3.05, 3.63) is 24.0 Å². The van der Waals surface area contributed by atoms with Crippen molar-refractivity contribution in [1.82, 2.24) is 10.3 Å². The van der Waals surface area contributed by atoms with Crippen LogP contribution in [0.3, 0.4) is 0 Å². The van der Waals surface area contributed by atoms with Crippen molar-refractivity contribution in [2.24, 2.45) is 5.73 Å². The van der Waals surface area contributed by atoms with Gasteiger partial charge in [-0.15, -0.1) is 0 Å². The topological polar surface area (TPSA) is 148 Å². The second-order valence-electron chi connectivity index (χ2n) is 3.89. The van der Waals surface area contributed by atoms with Gasteiger partial charge in [-0.05, 0) is 12.1 Å². The quantitative estimate of drug-likeness (QED) is 0.500. The van der Waals surface area contributed by atoms with Crippen LogP contribution in [0.1, 0.15) is 12.1 Å². The normalized spacial score (nSPS) is 11.6. The highest BCUT2D eigenvalue weighted by molar-refractivity contribution is 5.88. The smallest absolute Gasteiger partial charge is 0.326 e. The Morgan fingerprint density at radius 3 is 2.53 bits per heavy atom. The monoisotopic (exact) mass is 266 g/mol. The van der Waals surface area contributed by atoms with Gasteiger partial charge in [0.1, 0.15) is 6.04 Å². The van der Waals surface area contributed by atoms with E-state index in [0.29, 0.717) is 11.4 Å². The van der Waals surface area contributed by atoms with E-state index in [1.165, 1.54) is 6.20 Å². The van der Waals surface area contributed by atoms with Gasteiger partial charge in [-0.3, -0.25) is 14.6 Å². The number of primary amides is 1. The number of nitrogens with zero attached hydrogens (tertiary/aromatic N) is 1. The number of pyridine rings is 1. The minimum Gasteiger partial charge on any atom is -0.480 e. The van der Waals surface area contributed by atoms with Crippen LogP contribution in [0, 0.1) is 0 Å². The number of hydrogen-bond donors (Lipinski definition) is 4. The largest absolute Gasteiger partial charge is 0.480 e. The zero-order chi connectivity index (χ0) is 14.4. The highest BCUT2D eigenvalue weighted by Gasteiger charge is 2.22. The number of carbonyl (C=O) groups is 3. The predicted octanol–water partition coefficient (Wildman–Crippen LogP) is -1.35. The molecule has 0 aliphatic rings. The van der Waals surface area contributed by atoms with Crippen LogP contribution >= 0.6 is 0 Å². The van der Waals surface area contributed by atoms with Crippen LogP contribution in [-0.4, -0.2) is 33.9 Å². The van der Waals surface area contributed by atoms with Gasteiger partial charge in [0.2, 0.25) is 11.8 Å². The van der Waals surface area contributed by atoms with Crippen molar-refractivity contribution in [1.29, 1.82) is 0 Å². The van der Waals surface area contributed by atoms with Gasteiger partial charge in [0.25, 0.3) is 0 Å².